The van der Waals surface area contributed by atoms with Crippen LogP contribution in [0.4, 0.5) is 0 Å². The van der Waals surface area contributed by atoms with Crippen LogP contribution in [0.2, 0.25) is 0 Å². The number of hydrogen-bond donors (Lipinski definition) is 0. The van der Waals surface area contributed by atoms with Crippen LogP contribution in [0.1, 0.15) is 12.6 Å². The fourth-order valence-corrected chi connectivity index (χ4v) is 1.57. The van der Waals surface area contributed by atoms with E-state index in [0.717, 1.165) is 12.1 Å². The van der Waals surface area contributed by atoms with Gasteiger partial charge in [-0.05, 0) is 19.9 Å². The van der Waals surface area contributed by atoms with Gasteiger partial charge in [0.1, 0.15) is 0 Å². The van der Waals surface area contributed by atoms with Gasteiger partial charge in [0, 0.05) is 35.8 Å². The topological polar surface area (TPSA) is 30.7 Å². The smallest absolute Gasteiger partial charge is 0.0571 e. The van der Waals surface area contributed by atoms with Gasteiger partial charge < -0.3 is 0 Å². The first-order valence-electron chi connectivity index (χ1n) is 4.75. The van der Waals surface area contributed by atoms with E-state index in [4.69, 9.17) is 0 Å². The summed E-state index contributed by atoms with van der Waals surface area (Å²) in [6.45, 7) is 5.08. The maximum atomic E-state index is 4.30. The first-order valence-corrected chi connectivity index (χ1v) is 4.75. The Bertz CT molecular complexity index is 417. The van der Waals surface area contributed by atoms with Crippen molar-refractivity contribution in [2.45, 2.75) is 20.4 Å². The van der Waals surface area contributed by atoms with Crippen molar-refractivity contribution in [3.63, 3.8) is 0 Å². The van der Waals surface area contributed by atoms with Gasteiger partial charge in [-0.15, -0.1) is 0 Å². The van der Waals surface area contributed by atoms with E-state index in [9.17, 15) is 0 Å². The van der Waals surface area contributed by atoms with Gasteiger partial charge in [-0.1, -0.05) is 6.07 Å². The van der Waals surface area contributed by atoms with E-state index in [0.29, 0.717) is 0 Å². The molecule has 2 rings (SSSR count). The second kappa shape index (κ2) is 3.62. The Balaban J connectivity index is 2.48. The standard InChI is InChI=1S/C11H13N3/c1-3-14-9(2)11(8-13-14)10-5-4-6-12-7-10/h4-8H,3H2,1-2H3. The third-order valence-electron chi connectivity index (χ3n) is 2.38. The molecule has 72 valence electrons. The molecule has 0 amide bonds. The summed E-state index contributed by atoms with van der Waals surface area (Å²) in [5, 5.41) is 4.30. The molecule has 3 nitrogen and oxygen atoms in total. The minimum absolute atomic E-state index is 0.909. The van der Waals surface area contributed by atoms with Crippen LogP contribution in [-0.4, -0.2) is 14.8 Å². The zero-order chi connectivity index (χ0) is 9.97. The Labute approximate surface area is 83.4 Å². The maximum absolute atomic E-state index is 4.30. The molecule has 0 aliphatic rings. The van der Waals surface area contributed by atoms with Crippen LogP contribution in [0.25, 0.3) is 11.1 Å². The maximum Gasteiger partial charge on any atom is 0.0571 e. The predicted molar refractivity (Wildman–Crippen MR) is 55.9 cm³/mol. The minimum Gasteiger partial charge on any atom is -0.270 e. The SMILES string of the molecule is CCn1ncc(-c2cccnc2)c1C. The number of pyridine rings is 1. The average Bonchev–Trinajstić information content (AvgIpc) is 2.61. The predicted octanol–water partition coefficient (Wildman–Crippen LogP) is 2.27. The Kier molecular flexibility index (Phi) is 2.31. The number of nitrogens with zero attached hydrogens (tertiary/aromatic N) is 3. The van der Waals surface area contributed by atoms with E-state index in [2.05, 4.69) is 30.0 Å². The van der Waals surface area contributed by atoms with Gasteiger partial charge in [0.05, 0.1) is 6.20 Å². The van der Waals surface area contributed by atoms with Crippen molar-refractivity contribution < 1.29 is 0 Å². The van der Waals surface area contributed by atoms with E-state index >= 15 is 0 Å². The van der Waals surface area contributed by atoms with Crippen molar-refractivity contribution in [3.8, 4) is 11.1 Å². The number of hydrogen-bond acceptors (Lipinski definition) is 2. The van der Waals surface area contributed by atoms with Gasteiger partial charge in [-0.25, -0.2) is 0 Å². The fourth-order valence-electron chi connectivity index (χ4n) is 1.57. The summed E-state index contributed by atoms with van der Waals surface area (Å²) in [6, 6.07) is 4.00. The summed E-state index contributed by atoms with van der Waals surface area (Å²) in [4.78, 5) is 4.10. The van der Waals surface area contributed by atoms with Crippen molar-refractivity contribution in [1.82, 2.24) is 14.8 Å². The molecule has 0 N–H and O–H groups in total. The summed E-state index contributed by atoms with van der Waals surface area (Å²) >= 11 is 0. The van der Waals surface area contributed by atoms with Crippen LogP contribution >= 0.6 is 0 Å². The van der Waals surface area contributed by atoms with Crippen LogP contribution in [0.3, 0.4) is 0 Å². The summed E-state index contributed by atoms with van der Waals surface area (Å²) in [7, 11) is 0. The summed E-state index contributed by atoms with van der Waals surface area (Å²) in [6.07, 6.45) is 5.54. The summed E-state index contributed by atoms with van der Waals surface area (Å²) in [5.41, 5.74) is 3.49. The number of rotatable bonds is 2. The van der Waals surface area contributed by atoms with Crippen LogP contribution < -0.4 is 0 Å². The van der Waals surface area contributed by atoms with E-state index in [1.54, 1.807) is 6.20 Å². The molecule has 3 heteroatoms. The van der Waals surface area contributed by atoms with Gasteiger partial charge in [0.2, 0.25) is 0 Å². The lowest BCUT2D eigenvalue weighted by molar-refractivity contribution is 0.640. The van der Waals surface area contributed by atoms with Gasteiger partial charge in [-0.3, -0.25) is 9.67 Å². The molecule has 2 aromatic rings. The van der Waals surface area contributed by atoms with E-state index in [-0.39, 0.29) is 0 Å². The van der Waals surface area contributed by atoms with Crippen molar-refractivity contribution >= 4 is 0 Å². The molecule has 14 heavy (non-hydrogen) atoms. The molecule has 2 heterocycles. The molecular weight excluding hydrogens is 174 g/mol. The van der Waals surface area contributed by atoms with Crippen molar-refractivity contribution in [2.24, 2.45) is 0 Å². The lowest BCUT2D eigenvalue weighted by Gasteiger charge is -2.01. The lowest BCUT2D eigenvalue weighted by Crippen LogP contribution is -1.98. The van der Waals surface area contributed by atoms with Crippen molar-refractivity contribution in [2.75, 3.05) is 0 Å². The normalized spacial score (nSPS) is 10.4. The van der Waals surface area contributed by atoms with E-state index < -0.39 is 0 Å². The highest BCUT2D eigenvalue weighted by atomic mass is 15.3. The second-order valence-electron chi connectivity index (χ2n) is 3.20. The molecule has 0 spiro atoms. The molecule has 0 aliphatic carbocycles. The lowest BCUT2D eigenvalue weighted by atomic mass is 10.1. The van der Waals surface area contributed by atoms with Crippen molar-refractivity contribution in [1.29, 1.82) is 0 Å². The molecule has 0 bridgehead atoms. The Morgan fingerprint density at radius 1 is 1.36 bits per heavy atom. The van der Waals surface area contributed by atoms with E-state index in [1.807, 2.05) is 23.1 Å². The van der Waals surface area contributed by atoms with Crippen molar-refractivity contribution in [3.05, 3.63) is 36.4 Å². The number of aromatic nitrogens is 3. The van der Waals surface area contributed by atoms with Gasteiger partial charge in [0.15, 0.2) is 0 Å². The molecule has 0 atom stereocenters. The molecule has 0 saturated carbocycles. The van der Waals surface area contributed by atoms with Crippen LogP contribution in [-0.2, 0) is 6.54 Å². The minimum atomic E-state index is 0.909. The molecule has 0 aromatic carbocycles. The Morgan fingerprint density at radius 2 is 2.21 bits per heavy atom. The highest BCUT2D eigenvalue weighted by Crippen LogP contribution is 2.21. The quantitative estimate of drug-likeness (QED) is 0.722. The Morgan fingerprint density at radius 3 is 2.79 bits per heavy atom. The molecule has 0 fully saturated rings. The highest BCUT2D eigenvalue weighted by molar-refractivity contribution is 5.63. The first kappa shape index (κ1) is 8.94. The van der Waals surface area contributed by atoms with Gasteiger partial charge >= 0.3 is 0 Å². The Hall–Kier alpha value is -1.64. The molecule has 0 aliphatic heterocycles. The zero-order valence-electron chi connectivity index (χ0n) is 8.44. The zero-order valence-corrected chi connectivity index (χ0v) is 8.44. The van der Waals surface area contributed by atoms with Gasteiger partial charge in [-0.2, -0.15) is 5.10 Å². The first-order chi connectivity index (χ1) is 6.83. The highest BCUT2D eigenvalue weighted by Gasteiger charge is 2.06. The monoisotopic (exact) mass is 187 g/mol. The molecule has 0 saturated heterocycles. The third kappa shape index (κ3) is 1.41. The molecule has 2 aromatic heterocycles. The van der Waals surface area contributed by atoms with Crippen LogP contribution in [0.5, 0.6) is 0 Å². The third-order valence-corrected chi connectivity index (χ3v) is 2.38. The molecule has 0 radical (unpaired) electrons. The van der Waals surface area contributed by atoms with Gasteiger partial charge in [0.25, 0.3) is 0 Å². The number of aryl methyl sites for hydroxylation is 1. The van der Waals surface area contributed by atoms with Crippen LogP contribution in [0.15, 0.2) is 30.7 Å². The second-order valence-corrected chi connectivity index (χ2v) is 3.20. The summed E-state index contributed by atoms with van der Waals surface area (Å²) in [5.74, 6) is 0. The summed E-state index contributed by atoms with van der Waals surface area (Å²) < 4.78 is 1.99. The fraction of sp³-hybridized carbons (Fsp3) is 0.273. The molecule has 0 unspecified atom stereocenters. The largest absolute Gasteiger partial charge is 0.270 e. The molecular formula is C11H13N3. The average molecular weight is 187 g/mol. The van der Waals surface area contributed by atoms with E-state index in [1.165, 1.54) is 11.3 Å². The van der Waals surface area contributed by atoms with Crippen LogP contribution in [0, 0.1) is 6.92 Å².